The zero-order chi connectivity index (χ0) is 11.4. The topological polar surface area (TPSA) is 72.3 Å². The van der Waals surface area contributed by atoms with Crippen LogP contribution < -0.4 is 11.5 Å². The van der Waals surface area contributed by atoms with Crippen LogP contribution in [0.5, 0.6) is 0 Å². The summed E-state index contributed by atoms with van der Waals surface area (Å²) in [7, 11) is 0. The summed E-state index contributed by atoms with van der Waals surface area (Å²) in [4.78, 5) is 13.4. The van der Waals surface area contributed by atoms with Crippen molar-refractivity contribution in [2.75, 3.05) is 13.1 Å². The molecule has 0 aromatic heterocycles. The molecule has 1 rings (SSSR count). The van der Waals surface area contributed by atoms with E-state index in [1.807, 2.05) is 6.92 Å². The Morgan fingerprint density at radius 2 is 2.20 bits per heavy atom. The van der Waals surface area contributed by atoms with Gasteiger partial charge in [-0.2, -0.15) is 0 Å². The van der Waals surface area contributed by atoms with Gasteiger partial charge in [0.05, 0.1) is 0 Å². The molecular formula is C11H23N3O. The van der Waals surface area contributed by atoms with Gasteiger partial charge in [0.25, 0.3) is 0 Å². The lowest BCUT2D eigenvalue weighted by Crippen LogP contribution is -2.51. The molecule has 0 saturated carbocycles. The Bertz CT molecular complexity index is 220. The summed E-state index contributed by atoms with van der Waals surface area (Å²) in [5, 5.41) is 0. The summed E-state index contributed by atoms with van der Waals surface area (Å²) >= 11 is 0. The first-order valence-electron chi connectivity index (χ1n) is 5.81. The molecular weight excluding hydrogens is 190 g/mol. The lowest BCUT2D eigenvalue weighted by molar-refractivity contribution is -0.122. The van der Waals surface area contributed by atoms with E-state index in [0.717, 1.165) is 13.0 Å². The van der Waals surface area contributed by atoms with E-state index in [0.29, 0.717) is 18.6 Å². The highest BCUT2D eigenvalue weighted by Crippen LogP contribution is 2.23. The van der Waals surface area contributed by atoms with Gasteiger partial charge in [0.15, 0.2) is 0 Å². The molecule has 1 aliphatic rings. The first-order chi connectivity index (χ1) is 7.06. The van der Waals surface area contributed by atoms with Crippen LogP contribution in [0.15, 0.2) is 0 Å². The number of piperidine rings is 1. The van der Waals surface area contributed by atoms with E-state index in [-0.39, 0.29) is 11.8 Å². The van der Waals surface area contributed by atoms with E-state index in [4.69, 9.17) is 11.5 Å². The van der Waals surface area contributed by atoms with Crippen LogP contribution in [0.2, 0.25) is 0 Å². The molecule has 0 radical (unpaired) electrons. The average molecular weight is 213 g/mol. The summed E-state index contributed by atoms with van der Waals surface area (Å²) in [6.45, 7) is 5.51. The number of nitrogens with zero attached hydrogens (tertiary/aromatic N) is 1. The standard InChI is InChI=1S/C11H23N3O/c1-8(11(13)15)7-14-9(2)4-3-5-10(14)6-12/h8-10H,3-7,12H2,1-2H3,(H2,13,15). The Morgan fingerprint density at radius 3 is 2.73 bits per heavy atom. The fourth-order valence-corrected chi connectivity index (χ4v) is 2.33. The molecule has 15 heavy (non-hydrogen) atoms. The number of primary amides is 1. The molecule has 0 spiro atoms. The maximum Gasteiger partial charge on any atom is 0.221 e. The number of likely N-dealkylation sites (tertiary alicyclic amines) is 1. The number of hydrogen-bond acceptors (Lipinski definition) is 3. The predicted octanol–water partition coefficient (Wildman–Crippen LogP) is 0.310. The van der Waals surface area contributed by atoms with Crippen LogP contribution >= 0.6 is 0 Å². The SMILES string of the molecule is CC(CN1C(C)CCCC1CN)C(N)=O. The Balaban J connectivity index is 2.58. The molecule has 0 aliphatic carbocycles. The Morgan fingerprint density at radius 1 is 1.53 bits per heavy atom. The molecule has 1 fully saturated rings. The predicted molar refractivity (Wildman–Crippen MR) is 61.2 cm³/mol. The Kier molecular flexibility index (Phi) is 4.54. The number of carbonyl (C=O) groups excluding carboxylic acids is 1. The van der Waals surface area contributed by atoms with Gasteiger partial charge in [-0.3, -0.25) is 9.69 Å². The number of nitrogens with two attached hydrogens (primary N) is 2. The summed E-state index contributed by atoms with van der Waals surface area (Å²) in [5.74, 6) is -0.303. The molecule has 3 atom stereocenters. The van der Waals surface area contributed by atoms with Gasteiger partial charge in [-0.15, -0.1) is 0 Å². The van der Waals surface area contributed by atoms with Gasteiger partial charge in [-0.1, -0.05) is 13.3 Å². The maximum absolute atomic E-state index is 11.0. The highest BCUT2D eigenvalue weighted by Gasteiger charge is 2.28. The fourth-order valence-electron chi connectivity index (χ4n) is 2.33. The fraction of sp³-hybridized carbons (Fsp3) is 0.909. The lowest BCUT2D eigenvalue weighted by atomic mass is 9.95. The Hall–Kier alpha value is -0.610. The van der Waals surface area contributed by atoms with Crippen LogP contribution in [-0.2, 0) is 4.79 Å². The maximum atomic E-state index is 11.0. The minimum absolute atomic E-state index is 0.0837. The molecule has 1 heterocycles. The van der Waals surface area contributed by atoms with Crippen molar-refractivity contribution < 1.29 is 4.79 Å². The van der Waals surface area contributed by atoms with Crippen molar-refractivity contribution in [3.8, 4) is 0 Å². The van der Waals surface area contributed by atoms with Gasteiger partial charge in [0, 0.05) is 31.1 Å². The second-order valence-corrected chi connectivity index (χ2v) is 4.67. The molecule has 0 bridgehead atoms. The van der Waals surface area contributed by atoms with Gasteiger partial charge in [0.2, 0.25) is 5.91 Å². The second kappa shape index (κ2) is 5.47. The molecule has 88 valence electrons. The number of amides is 1. The van der Waals surface area contributed by atoms with Gasteiger partial charge >= 0.3 is 0 Å². The first-order valence-corrected chi connectivity index (χ1v) is 5.81. The summed E-state index contributed by atoms with van der Waals surface area (Å²) < 4.78 is 0. The average Bonchev–Trinajstić information content (AvgIpc) is 2.20. The highest BCUT2D eigenvalue weighted by molar-refractivity contribution is 5.76. The third-order valence-electron chi connectivity index (χ3n) is 3.44. The van der Waals surface area contributed by atoms with Gasteiger partial charge < -0.3 is 11.5 Å². The molecule has 0 aromatic carbocycles. The molecule has 4 nitrogen and oxygen atoms in total. The van der Waals surface area contributed by atoms with Crippen molar-refractivity contribution in [2.24, 2.45) is 17.4 Å². The minimum Gasteiger partial charge on any atom is -0.369 e. The van der Waals surface area contributed by atoms with Crippen LogP contribution in [-0.4, -0.2) is 36.0 Å². The minimum atomic E-state index is -0.219. The normalized spacial score (nSPS) is 30.1. The second-order valence-electron chi connectivity index (χ2n) is 4.67. The van der Waals surface area contributed by atoms with Gasteiger partial charge in [-0.05, 0) is 19.8 Å². The monoisotopic (exact) mass is 213 g/mol. The quantitative estimate of drug-likeness (QED) is 0.706. The van der Waals surface area contributed by atoms with Crippen LogP contribution in [0.25, 0.3) is 0 Å². The largest absolute Gasteiger partial charge is 0.369 e. The molecule has 4 heteroatoms. The van der Waals surface area contributed by atoms with Crippen LogP contribution in [0.3, 0.4) is 0 Å². The van der Waals surface area contributed by atoms with Crippen molar-refractivity contribution in [3.63, 3.8) is 0 Å². The van der Waals surface area contributed by atoms with E-state index < -0.39 is 0 Å². The van der Waals surface area contributed by atoms with Crippen molar-refractivity contribution in [1.29, 1.82) is 0 Å². The summed E-state index contributed by atoms with van der Waals surface area (Å²) in [6, 6.07) is 0.949. The van der Waals surface area contributed by atoms with Crippen LogP contribution in [0, 0.1) is 5.92 Å². The smallest absolute Gasteiger partial charge is 0.221 e. The van der Waals surface area contributed by atoms with Crippen LogP contribution in [0.1, 0.15) is 33.1 Å². The number of carbonyl (C=O) groups is 1. The Labute approximate surface area is 92.0 Å². The first kappa shape index (κ1) is 12.5. The van der Waals surface area contributed by atoms with E-state index >= 15 is 0 Å². The third-order valence-corrected chi connectivity index (χ3v) is 3.44. The van der Waals surface area contributed by atoms with E-state index in [9.17, 15) is 4.79 Å². The summed E-state index contributed by atoms with van der Waals surface area (Å²) in [5.41, 5.74) is 11.0. The molecule has 3 unspecified atom stereocenters. The highest BCUT2D eigenvalue weighted by atomic mass is 16.1. The number of hydrogen-bond donors (Lipinski definition) is 2. The van der Waals surface area contributed by atoms with Crippen molar-refractivity contribution >= 4 is 5.91 Å². The lowest BCUT2D eigenvalue weighted by Gasteiger charge is -2.41. The third kappa shape index (κ3) is 3.18. The van der Waals surface area contributed by atoms with Gasteiger partial charge in [-0.25, -0.2) is 0 Å². The number of rotatable bonds is 4. The molecule has 4 N–H and O–H groups in total. The molecule has 1 aliphatic heterocycles. The summed E-state index contributed by atoms with van der Waals surface area (Å²) in [6.07, 6.45) is 3.58. The van der Waals surface area contributed by atoms with Crippen LogP contribution in [0.4, 0.5) is 0 Å². The molecule has 1 saturated heterocycles. The van der Waals surface area contributed by atoms with Crippen molar-refractivity contribution in [3.05, 3.63) is 0 Å². The molecule has 0 aromatic rings. The van der Waals surface area contributed by atoms with E-state index in [1.165, 1.54) is 12.8 Å². The van der Waals surface area contributed by atoms with Gasteiger partial charge in [0.1, 0.15) is 0 Å². The van der Waals surface area contributed by atoms with Crippen molar-refractivity contribution in [1.82, 2.24) is 4.90 Å². The zero-order valence-electron chi connectivity index (χ0n) is 9.78. The zero-order valence-corrected chi connectivity index (χ0v) is 9.78. The van der Waals surface area contributed by atoms with E-state index in [2.05, 4.69) is 11.8 Å². The van der Waals surface area contributed by atoms with Crippen molar-refractivity contribution in [2.45, 2.75) is 45.2 Å². The molecule has 1 amide bonds. The van der Waals surface area contributed by atoms with E-state index in [1.54, 1.807) is 0 Å².